The summed E-state index contributed by atoms with van der Waals surface area (Å²) in [6.07, 6.45) is 2.57. The second-order valence-electron chi connectivity index (χ2n) is 3.59. The van der Waals surface area contributed by atoms with Crippen LogP contribution in [0, 0.1) is 0 Å². The van der Waals surface area contributed by atoms with Gasteiger partial charge in [-0.05, 0) is 19.8 Å². The van der Waals surface area contributed by atoms with Crippen LogP contribution in [-0.4, -0.2) is 22.1 Å². The Kier molecular flexibility index (Phi) is 2.64. The van der Waals surface area contributed by atoms with Gasteiger partial charge in [0.05, 0.1) is 6.61 Å². The fourth-order valence-electron chi connectivity index (χ4n) is 1.93. The maximum Gasteiger partial charge on any atom is 0.329 e. The second-order valence-corrected chi connectivity index (χ2v) is 3.59. The molecular formula is C10H12N2O4. The fourth-order valence-corrected chi connectivity index (χ4v) is 1.93. The lowest BCUT2D eigenvalue weighted by Crippen LogP contribution is -2.39. The van der Waals surface area contributed by atoms with Crippen LogP contribution < -0.4 is 11.1 Å². The van der Waals surface area contributed by atoms with E-state index in [4.69, 9.17) is 4.74 Å². The van der Waals surface area contributed by atoms with E-state index in [0.29, 0.717) is 18.5 Å². The van der Waals surface area contributed by atoms with Gasteiger partial charge >= 0.3 is 17.1 Å². The van der Waals surface area contributed by atoms with Gasteiger partial charge in [0, 0.05) is 11.9 Å². The normalized spacial score (nSPS) is 18.2. The van der Waals surface area contributed by atoms with Crippen molar-refractivity contribution in [3.05, 3.63) is 32.6 Å². The number of carbonyl (C=O) groups excluding carboxylic acids is 1. The Balaban J connectivity index is 2.46. The summed E-state index contributed by atoms with van der Waals surface area (Å²) < 4.78 is 6.10. The quantitative estimate of drug-likeness (QED) is 0.546. The zero-order valence-corrected chi connectivity index (χ0v) is 8.86. The van der Waals surface area contributed by atoms with Crippen LogP contribution in [0.5, 0.6) is 0 Å². The molecule has 1 aromatic rings. The minimum Gasteiger partial charge on any atom is -0.464 e. The predicted octanol–water partition coefficient (Wildman–Crippen LogP) is -0.413. The number of nitrogens with one attached hydrogen (secondary N) is 1. The zero-order chi connectivity index (χ0) is 11.7. The van der Waals surface area contributed by atoms with E-state index in [1.807, 2.05) is 0 Å². The summed E-state index contributed by atoms with van der Waals surface area (Å²) in [7, 11) is 0. The average Bonchev–Trinajstić information content (AvgIpc) is 2.68. The lowest BCUT2D eigenvalue weighted by Gasteiger charge is -2.11. The van der Waals surface area contributed by atoms with Crippen molar-refractivity contribution < 1.29 is 9.53 Å². The zero-order valence-electron chi connectivity index (χ0n) is 8.86. The summed E-state index contributed by atoms with van der Waals surface area (Å²) in [5.41, 5.74) is -0.726. The smallest absolute Gasteiger partial charge is 0.329 e. The Morgan fingerprint density at radius 2 is 2.38 bits per heavy atom. The van der Waals surface area contributed by atoms with Crippen LogP contribution in [0.1, 0.15) is 25.1 Å². The summed E-state index contributed by atoms with van der Waals surface area (Å²) in [4.78, 5) is 36.7. The van der Waals surface area contributed by atoms with Crippen LogP contribution in [0.3, 0.4) is 0 Å². The van der Waals surface area contributed by atoms with E-state index in [1.54, 1.807) is 6.92 Å². The van der Waals surface area contributed by atoms with Crippen molar-refractivity contribution >= 4 is 5.97 Å². The van der Waals surface area contributed by atoms with Crippen LogP contribution in [0.4, 0.5) is 0 Å². The van der Waals surface area contributed by atoms with E-state index in [2.05, 4.69) is 4.98 Å². The number of carbonyl (C=O) groups is 1. The molecule has 0 aliphatic carbocycles. The SMILES string of the molecule is CCOC(=O)C1CCc2c[nH]c(=O)c(=O)n21. The number of ether oxygens (including phenoxy) is 1. The second kappa shape index (κ2) is 3.96. The van der Waals surface area contributed by atoms with Crippen LogP contribution in [0.25, 0.3) is 0 Å². The molecule has 0 spiro atoms. The summed E-state index contributed by atoms with van der Waals surface area (Å²) in [5.74, 6) is -0.450. The molecule has 0 saturated carbocycles. The third-order valence-electron chi connectivity index (χ3n) is 2.64. The van der Waals surface area contributed by atoms with Crippen molar-refractivity contribution in [2.75, 3.05) is 6.61 Å². The Hall–Kier alpha value is -1.85. The summed E-state index contributed by atoms with van der Waals surface area (Å²) >= 11 is 0. The number of rotatable bonds is 2. The molecule has 0 radical (unpaired) electrons. The van der Waals surface area contributed by atoms with Gasteiger partial charge in [0.2, 0.25) is 0 Å². The Labute approximate surface area is 90.9 Å². The lowest BCUT2D eigenvalue weighted by molar-refractivity contribution is -0.147. The number of hydrogen-bond donors (Lipinski definition) is 1. The first-order valence-corrected chi connectivity index (χ1v) is 5.15. The van der Waals surface area contributed by atoms with Crippen molar-refractivity contribution in [3.8, 4) is 0 Å². The highest BCUT2D eigenvalue weighted by Gasteiger charge is 2.30. The molecule has 1 aliphatic heterocycles. The van der Waals surface area contributed by atoms with Crippen molar-refractivity contribution in [1.29, 1.82) is 0 Å². The lowest BCUT2D eigenvalue weighted by atomic mass is 10.2. The molecule has 16 heavy (non-hydrogen) atoms. The molecule has 2 rings (SSSR count). The number of aromatic amines is 1. The molecule has 0 bridgehead atoms. The maximum atomic E-state index is 11.6. The molecule has 0 amide bonds. The van der Waals surface area contributed by atoms with E-state index in [0.717, 1.165) is 0 Å². The number of H-pyrrole nitrogens is 1. The molecule has 6 nitrogen and oxygen atoms in total. The minimum absolute atomic E-state index is 0.266. The monoisotopic (exact) mass is 224 g/mol. The number of nitrogens with zero attached hydrogens (tertiary/aromatic N) is 1. The number of fused-ring (bicyclic) bond motifs is 1. The molecule has 86 valence electrons. The summed E-state index contributed by atoms with van der Waals surface area (Å²) in [6, 6.07) is -0.648. The highest BCUT2D eigenvalue weighted by molar-refractivity contribution is 5.74. The molecule has 0 saturated heterocycles. The van der Waals surface area contributed by atoms with Gasteiger partial charge < -0.3 is 9.72 Å². The first kappa shape index (κ1) is 10.7. The number of esters is 1. The molecule has 1 unspecified atom stereocenters. The van der Waals surface area contributed by atoms with Crippen molar-refractivity contribution in [2.45, 2.75) is 25.8 Å². The van der Waals surface area contributed by atoms with Gasteiger partial charge in [0.25, 0.3) is 0 Å². The first-order chi connectivity index (χ1) is 7.65. The van der Waals surface area contributed by atoms with E-state index < -0.39 is 23.1 Å². The Morgan fingerprint density at radius 1 is 1.62 bits per heavy atom. The summed E-state index contributed by atoms with van der Waals surface area (Å²) in [5, 5.41) is 0. The van der Waals surface area contributed by atoms with Gasteiger partial charge in [-0.2, -0.15) is 0 Å². The van der Waals surface area contributed by atoms with Crippen LogP contribution >= 0.6 is 0 Å². The van der Waals surface area contributed by atoms with Gasteiger partial charge in [-0.25, -0.2) is 4.79 Å². The van der Waals surface area contributed by atoms with Crippen molar-refractivity contribution in [2.24, 2.45) is 0 Å². The number of aromatic nitrogens is 2. The average molecular weight is 224 g/mol. The molecule has 6 heteroatoms. The van der Waals surface area contributed by atoms with E-state index in [9.17, 15) is 14.4 Å². The molecule has 1 N–H and O–H groups in total. The van der Waals surface area contributed by atoms with Crippen LogP contribution in [0.15, 0.2) is 15.8 Å². The van der Waals surface area contributed by atoms with E-state index in [-0.39, 0.29) is 6.61 Å². The molecule has 1 atom stereocenters. The van der Waals surface area contributed by atoms with Crippen LogP contribution in [-0.2, 0) is 16.0 Å². The molecule has 0 fully saturated rings. The van der Waals surface area contributed by atoms with E-state index in [1.165, 1.54) is 10.8 Å². The number of hydrogen-bond acceptors (Lipinski definition) is 4. The molecule has 1 aliphatic rings. The fraction of sp³-hybridized carbons (Fsp3) is 0.500. The molecule has 0 aromatic carbocycles. The topological polar surface area (TPSA) is 81.2 Å². The molecular weight excluding hydrogens is 212 g/mol. The summed E-state index contributed by atoms with van der Waals surface area (Å²) in [6.45, 7) is 1.97. The largest absolute Gasteiger partial charge is 0.464 e. The third-order valence-corrected chi connectivity index (χ3v) is 2.64. The van der Waals surface area contributed by atoms with Gasteiger partial charge in [-0.1, -0.05) is 0 Å². The van der Waals surface area contributed by atoms with Gasteiger partial charge in [0.15, 0.2) is 0 Å². The standard InChI is InChI=1S/C10H12N2O4/c1-2-16-10(15)7-4-3-6-5-11-8(13)9(14)12(6)7/h5,7H,2-4H2,1H3,(H,11,13). The first-order valence-electron chi connectivity index (χ1n) is 5.15. The molecule has 1 aromatic heterocycles. The van der Waals surface area contributed by atoms with Crippen LogP contribution in [0.2, 0.25) is 0 Å². The van der Waals surface area contributed by atoms with Gasteiger partial charge in [-0.15, -0.1) is 0 Å². The Morgan fingerprint density at radius 3 is 3.06 bits per heavy atom. The van der Waals surface area contributed by atoms with Gasteiger partial charge in [0.1, 0.15) is 6.04 Å². The maximum absolute atomic E-state index is 11.6. The minimum atomic E-state index is -0.708. The highest BCUT2D eigenvalue weighted by atomic mass is 16.5. The predicted molar refractivity (Wildman–Crippen MR) is 55.3 cm³/mol. The van der Waals surface area contributed by atoms with E-state index >= 15 is 0 Å². The molecule has 2 heterocycles. The van der Waals surface area contributed by atoms with Gasteiger partial charge in [-0.3, -0.25) is 14.2 Å². The third kappa shape index (κ3) is 1.56. The van der Waals surface area contributed by atoms with Crippen molar-refractivity contribution in [3.63, 3.8) is 0 Å². The van der Waals surface area contributed by atoms with Crippen molar-refractivity contribution in [1.82, 2.24) is 9.55 Å². The Bertz CT molecular complexity index is 528. The highest BCUT2D eigenvalue weighted by Crippen LogP contribution is 2.23. The number of aryl methyl sites for hydroxylation is 1.